The van der Waals surface area contributed by atoms with Gasteiger partial charge in [0.1, 0.15) is 6.61 Å². The molecule has 0 heterocycles. The van der Waals surface area contributed by atoms with Crippen LogP contribution in [0.3, 0.4) is 0 Å². The van der Waals surface area contributed by atoms with E-state index in [9.17, 15) is 4.79 Å². The molecule has 0 spiro atoms. The Labute approximate surface area is 183 Å². The van der Waals surface area contributed by atoms with E-state index in [1.807, 2.05) is 43.3 Å². The summed E-state index contributed by atoms with van der Waals surface area (Å²) >= 11 is 3.54. The number of anilines is 1. The Morgan fingerprint density at radius 1 is 1.10 bits per heavy atom. The third-order valence-corrected chi connectivity index (χ3v) is 4.73. The Morgan fingerprint density at radius 3 is 2.57 bits per heavy atom. The molecular formula is C23H22BrN3O3. The maximum absolute atomic E-state index is 12.2. The molecule has 30 heavy (non-hydrogen) atoms. The van der Waals surface area contributed by atoms with E-state index >= 15 is 0 Å². The molecule has 0 aliphatic carbocycles. The number of rotatable bonds is 8. The molecule has 154 valence electrons. The number of hydrogen-bond donors (Lipinski definition) is 2. The van der Waals surface area contributed by atoms with Crippen molar-refractivity contribution < 1.29 is 14.3 Å². The van der Waals surface area contributed by atoms with Crippen molar-refractivity contribution in [1.29, 1.82) is 0 Å². The first-order chi connectivity index (χ1) is 14.6. The molecule has 0 fully saturated rings. The van der Waals surface area contributed by atoms with Crippen molar-refractivity contribution in [2.24, 2.45) is 5.10 Å². The summed E-state index contributed by atoms with van der Waals surface area (Å²) in [7, 11) is 0. The average Bonchev–Trinajstić information content (AvgIpc) is 2.74. The number of nitrogens with one attached hydrogen (secondary N) is 1. The van der Waals surface area contributed by atoms with E-state index in [1.165, 1.54) is 6.21 Å². The first-order valence-electron chi connectivity index (χ1n) is 9.39. The molecule has 0 aliphatic heterocycles. The monoisotopic (exact) mass is 467 g/mol. The summed E-state index contributed by atoms with van der Waals surface area (Å²) in [5.41, 5.74) is 10.9. The highest BCUT2D eigenvalue weighted by molar-refractivity contribution is 9.10. The summed E-state index contributed by atoms with van der Waals surface area (Å²) in [6.45, 7) is 2.81. The van der Waals surface area contributed by atoms with Gasteiger partial charge < -0.3 is 15.2 Å². The molecule has 7 heteroatoms. The van der Waals surface area contributed by atoms with Gasteiger partial charge in [0.15, 0.2) is 11.5 Å². The molecule has 1 amide bonds. The lowest BCUT2D eigenvalue weighted by Gasteiger charge is -2.14. The molecular weight excluding hydrogens is 446 g/mol. The predicted octanol–water partition coefficient (Wildman–Crippen LogP) is 4.77. The maximum Gasteiger partial charge on any atom is 0.273 e. The fourth-order valence-electron chi connectivity index (χ4n) is 2.72. The highest BCUT2D eigenvalue weighted by Gasteiger charge is 2.12. The van der Waals surface area contributed by atoms with Crippen molar-refractivity contribution in [3.63, 3.8) is 0 Å². The molecule has 6 nitrogen and oxygen atoms in total. The number of amides is 1. The minimum Gasteiger partial charge on any atom is -0.490 e. The van der Waals surface area contributed by atoms with Crippen LogP contribution in [0.25, 0.3) is 0 Å². The number of halogens is 1. The van der Waals surface area contributed by atoms with Crippen LogP contribution in [0.15, 0.2) is 76.3 Å². The zero-order valence-electron chi connectivity index (χ0n) is 16.5. The Morgan fingerprint density at radius 2 is 1.83 bits per heavy atom. The Bertz CT molecular complexity index is 1040. The summed E-state index contributed by atoms with van der Waals surface area (Å²) < 4.78 is 12.4. The van der Waals surface area contributed by atoms with Crippen LogP contribution < -0.4 is 20.6 Å². The SMILES string of the molecule is CCOc1cc(/C=N\NC(=O)c2ccccc2N)cc(Br)c1OCc1ccccc1. The van der Waals surface area contributed by atoms with E-state index in [0.717, 1.165) is 15.6 Å². The smallest absolute Gasteiger partial charge is 0.273 e. The molecule has 0 atom stereocenters. The van der Waals surface area contributed by atoms with Gasteiger partial charge in [0.25, 0.3) is 5.91 Å². The second-order valence-corrected chi connectivity index (χ2v) is 7.18. The average molecular weight is 468 g/mol. The molecule has 3 N–H and O–H groups in total. The van der Waals surface area contributed by atoms with Crippen molar-refractivity contribution in [3.05, 3.63) is 87.9 Å². The van der Waals surface area contributed by atoms with Crippen LogP contribution in [-0.4, -0.2) is 18.7 Å². The van der Waals surface area contributed by atoms with Crippen molar-refractivity contribution in [3.8, 4) is 11.5 Å². The Hall–Kier alpha value is -3.32. The Kier molecular flexibility index (Phi) is 7.45. The maximum atomic E-state index is 12.2. The minimum absolute atomic E-state index is 0.371. The summed E-state index contributed by atoms with van der Waals surface area (Å²) in [4.78, 5) is 12.2. The molecule has 0 radical (unpaired) electrons. The topological polar surface area (TPSA) is 85.9 Å². The second kappa shape index (κ2) is 10.5. The second-order valence-electron chi connectivity index (χ2n) is 6.32. The van der Waals surface area contributed by atoms with Crippen molar-refractivity contribution >= 4 is 33.7 Å². The molecule has 0 saturated carbocycles. The van der Waals surface area contributed by atoms with Crippen molar-refractivity contribution in [1.82, 2.24) is 5.43 Å². The van der Waals surface area contributed by atoms with Crippen LogP contribution in [0.1, 0.15) is 28.4 Å². The molecule has 3 rings (SSSR count). The highest BCUT2D eigenvalue weighted by atomic mass is 79.9. The van der Waals surface area contributed by atoms with Crippen LogP contribution in [0.5, 0.6) is 11.5 Å². The molecule has 3 aromatic rings. The van der Waals surface area contributed by atoms with Gasteiger partial charge in [-0.1, -0.05) is 42.5 Å². The molecule has 0 saturated heterocycles. The van der Waals surface area contributed by atoms with Gasteiger partial charge in [0.05, 0.1) is 22.9 Å². The van der Waals surface area contributed by atoms with Gasteiger partial charge in [-0.05, 0) is 58.2 Å². The van der Waals surface area contributed by atoms with E-state index < -0.39 is 0 Å². The minimum atomic E-state index is -0.378. The van der Waals surface area contributed by atoms with Crippen molar-refractivity contribution in [2.45, 2.75) is 13.5 Å². The number of hydrazone groups is 1. The third-order valence-electron chi connectivity index (χ3n) is 4.14. The Balaban J connectivity index is 1.73. The number of carbonyl (C=O) groups excluding carboxylic acids is 1. The lowest BCUT2D eigenvalue weighted by atomic mass is 10.2. The number of hydrogen-bond acceptors (Lipinski definition) is 5. The number of carbonyl (C=O) groups is 1. The standard InChI is InChI=1S/C23H22BrN3O3/c1-2-29-21-13-17(14-26-27-23(28)18-10-6-7-11-20(18)25)12-19(24)22(21)30-15-16-8-4-3-5-9-16/h3-14H,2,15,25H2,1H3,(H,27,28)/b26-14-. The van der Waals surface area contributed by atoms with Crippen LogP contribution >= 0.6 is 15.9 Å². The fourth-order valence-corrected chi connectivity index (χ4v) is 3.30. The lowest BCUT2D eigenvalue weighted by Crippen LogP contribution is -2.19. The van der Waals surface area contributed by atoms with Gasteiger partial charge >= 0.3 is 0 Å². The molecule has 0 unspecified atom stereocenters. The van der Waals surface area contributed by atoms with Crippen LogP contribution in [-0.2, 0) is 6.61 Å². The molecule has 3 aromatic carbocycles. The van der Waals surface area contributed by atoms with E-state index in [-0.39, 0.29) is 5.91 Å². The number of ether oxygens (including phenoxy) is 2. The number of nitrogens with zero attached hydrogens (tertiary/aromatic N) is 1. The highest BCUT2D eigenvalue weighted by Crippen LogP contribution is 2.37. The van der Waals surface area contributed by atoms with E-state index in [1.54, 1.807) is 30.3 Å². The van der Waals surface area contributed by atoms with Crippen LogP contribution in [0, 0.1) is 0 Å². The van der Waals surface area contributed by atoms with Crippen LogP contribution in [0.4, 0.5) is 5.69 Å². The molecule has 0 bridgehead atoms. The van der Waals surface area contributed by atoms with Gasteiger partial charge in [-0.25, -0.2) is 5.43 Å². The van der Waals surface area contributed by atoms with Crippen molar-refractivity contribution in [2.75, 3.05) is 12.3 Å². The summed E-state index contributed by atoms with van der Waals surface area (Å²) in [6.07, 6.45) is 1.53. The normalized spacial score (nSPS) is 10.7. The quantitative estimate of drug-likeness (QED) is 0.283. The van der Waals surface area contributed by atoms with Gasteiger partial charge in [0, 0.05) is 5.69 Å². The van der Waals surface area contributed by atoms with Gasteiger partial charge in [0.2, 0.25) is 0 Å². The van der Waals surface area contributed by atoms with Crippen LogP contribution in [0.2, 0.25) is 0 Å². The number of nitrogens with two attached hydrogens (primary N) is 1. The first kappa shape index (κ1) is 21.4. The van der Waals surface area contributed by atoms with E-state index in [0.29, 0.717) is 36.0 Å². The predicted molar refractivity (Wildman–Crippen MR) is 122 cm³/mol. The largest absolute Gasteiger partial charge is 0.490 e. The van der Waals surface area contributed by atoms with Gasteiger partial charge in [-0.3, -0.25) is 4.79 Å². The molecule has 0 aliphatic rings. The summed E-state index contributed by atoms with van der Waals surface area (Å²) in [5, 5.41) is 4.03. The number of benzene rings is 3. The van der Waals surface area contributed by atoms with Gasteiger partial charge in [-0.2, -0.15) is 5.10 Å². The zero-order valence-corrected chi connectivity index (χ0v) is 18.1. The molecule has 0 aromatic heterocycles. The number of para-hydroxylation sites is 1. The lowest BCUT2D eigenvalue weighted by molar-refractivity contribution is 0.0956. The van der Waals surface area contributed by atoms with Gasteiger partial charge in [-0.15, -0.1) is 0 Å². The fraction of sp³-hybridized carbons (Fsp3) is 0.130. The first-order valence-corrected chi connectivity index (χ1v) is 10.2. The third kappa shape index (κ3) is 5.61. The van der Waals surface area contributed by atoms with E-state index in [2.05, 4.69) is 26.5 Å². The number of nitrogen functional groups attached to an aromatic ring is 1. The summed E-state index contributed by atoms with van der Waals surface area (Å²) in [5.74, 6) is 0.818. The summed E-state index contributed by atoms with van der Waals surface area (Å²) in [6, 6.07) is 20.4. The zero-order chi connectivity index (χ0) is 21.3. The van der Waals surface area contributed by atoms with E-state index in [4.69, 9.17) is 15.2 Å².